The first kappa shape index (κ1) is 43.7. The van der Waals surface area contributed by atoms with Gasteiger partial charge in [-0.1, -0.05) is 179 Å². The van der Waals surface area contributed by atoms with Crippen LogP contribution in [0.3, 0.4) is 0 Å². The highest BCUT2D eigenvalue weighted by Gasteiger charge is 2.27. The molecule has 1 saturated carbocycles. The standard InChI is InChI=1S/C56H62N2.C3H8/c1-7-19-40(3)42-27-32-48(33-28-42)58(47-24-17-12-18-25-47)55-50-36-26-41(8-2)38-52(50)54(51-37-31-45(39-53(51)55)56(4,5)6)57(46-22-15-11-16-23-46)49-34-29-44(30-35-49)43-20-13-9-10-14-21-43;1-3-2/h11-12,15-18,22-40,43H,7-10,13-14,19-21H2,1-6H3;3H2,1-2H3. The summed E-state index contributed by atoms with van der Waals surface area (Å²) in [4.78, 5) is 5.06. The monoisotopic (exact) mass is 807 g/mol. The molecule has 7 aromatic carbocycles. The molecule has 0 aromatic heterocycles. The molecule has 0 saturated heterocycles. The zero-order valence-corrected chi connectivity index (χ0v) is 38.5. The summed E-state index contributed by atoms with van der Waals surface area (Å²) in [5.41, 5.74) is 12.6. The quantitative estimate of drug-likeness (QED) is 0.0730. The molecule has 316 valence electrons. The lowest BCUT2D eigenvalue weighted by Crippen LogP contribution is -2.16. The predicted molar refractivity (Wildman–Crippen MR) is 269 cm³/mol. The van der Waals surface area contributed by atoms with Gasteiger partial charge in [0.1, 0.15) is 0 Å². The summed E-state index contributed by atoms with van der Waals surface area (Å²) < 4.78 is 0. The lowest BCUT2D eigenvalue weighted by atomic mass is 9.84. The highest BCUT2D eigenvalue weighted by Crippen LogP contribution is 2.52. The van der Waals surface area contributed by atoms with E-state index in [-0.39, 0.29) is 5.41 Å². The normalized spacial score (nSPS) is 14.0. The highest BCUT2D eigenvalue weighted by atomic mass is 15.2. The van der Waals surface area contributed by atoms with E-state index in [1.165, 1.54) is 130 Å². The Morgan fingerprint density at radius 3 is 1.49 bits per heavy atom. The molecular weight excluding hydrogens is 737 g/mol. The molecule has 2 heteroatoms. The molecule has 61 heavy (non-hydrogen) atoms. The molecule has 1 aliphatic carbocycles. The third-order valence-corrected chi connectivity index (χ3v) is 12.8. The van der Waals surface area contributed by atoms with Crippen LogP contribution < -0.4 is 9.80 Å². The van der Waals surface area contributed by atoms with Crippen molar-refractivity contribution in [2.75, 3.05) is 9.80 Å². The second-order valence-corrected chi connectivity index (χ2v) is 18.6. The van der Waals surface area contributed by atoms with E-state index in [0.717, 1.165) is 12.1 Å². The zero-order valence-electron chi connectivity index (χ0n) is 38.5. The van der Waals surface area contributed by atoms with Crippen molar-refractivity contribution >= 4 is 55.7 Å². The summed E-state index contributed by atoms with van der Waals surface area (Å²) in [7, 11) is 0. The first-order valence-corrected chi connectivity index (χ1v) is 23.6. The molecule has 1 fully saturated rings. The fourth-order valence-electron chi connectivity index (χ4n) is 9.43. The smallest absolute Gasteiger partial charge is 0.0620 e. The summed E-state index contributed by atoms with van der Waals surface area (Å²) in [5, 5.41) is 5.00. The van der Waals surface area contributed by atoms with Crippen molar-refractivity contribution in [1.82, 2.24) is 0 Å². The number of nitrogens with zero attached hydrogens (tertiary/aromatic N) is 2. The Kier molecular flexibility index (Phi) is 14.4. The van der Waals surface area contributed by atoms with Gasteiger partial charge in [0.15, 0.2) is 0 Å². The third kappa shape index (κ3) is 9.75. The molecule has 0 N–H and O–H groups in total. The molecule has 1 aliphatic rings. The number of rotatable bonds is 11. The maximum Gasteiger partial charge on any atom is 0.0620 e. The van der Waals surface area contributed by atoms with Gasteiger partial charge in [-0.05, 0) is 126 Å². The molecule has 0 aliphatic heterocycles. The minimum Gasteiger partial charge on any atom is -0.309 e. The largest absolute Gasteiger partial charge is 0.309 e. The molecule has 0 spiro atoms. The van der Waals surface area contributed by atoms with Crippen LogP contribution >= 0.6 is 0 Å². The van der Waals surface area contributed by atoms with Gasteiger partial charge >= 0.3 is 0 Å². The molecule has 1 unspecified atom stereocenters. The van der Waals surface area contributed by atoms with E-state index < -0.39 is 0 Å². The van der Waals surface area contributed by atoms with Gasteiger partial charge in [-0.3, -0.25) is 0 Å². The van der Waals surface area contributed by atoms with Crippen LogP contribution in [0.2, 0.25) is 0 Å². The fraction of sp³-hybridized carbons (Fsp3) is 0.356. The van der Waals surface area contributed by atoms with E-state index in [4.69, 9.17) is 0 Å². The van der Waals surface area contributed by atoms with Crippen molar-refractivity contribution in [1.29, 1.82) is 0 Å². The summed E-state index contributed by atoms with van der Waals surface area (Å²) >= 11 is 0. The van der Waals surface area contributed by atoms with Crippen LogP contribution in [-0.4, -0.2) is 0 Å². The Labute approximate surface area is 368 Å². The average Bonchev–Trinajstić information content (AvgIpc) is 3.58. The summed E-state index contributed by atoms with van der Waals surface area (Å²) in [6.45, 7) is 18.2. The minimum atomic E-state index is -0.0335. The van der Waals surface area contributed by atoms with Gasteiger partial charge in [0.05, 0.1) is 11.4 Å². The maximum absolute atomic E-state index is 2.54. The Balaban J connectivity index is 0.00000182. The summed E-state index contributed by atoms with van der Waals surface area (Å²) in [5.74, 6) is 1.18. The van der Waals surface area contributed by atoms with Gasteiger partial charge < -0.3 is 9.80 Å². The van der Waals surface area contributed by atoms with Crippen molar-refractivity contribution in [2.24, 2.45) is 0 Å². The van der Waals surface area contributed by atoms with Crippen LogP contribution in [0.4, 0.5) is 34.1 Å². The Hall–Kier alpha value is -5.34. The van der Waals surface area contributed by atoms with Crippen LogP contribution in [0, 0.1) is 0 Å². The maximum atomic E-state index is 2.54. The van der Waals surface area contributed by atoms with Crippen LogP contribution in [-0.2, 0) is 11.8 Å². The van der Waals surface area contributed by atoms with Crippen molar-refractivity contribution < 1.29 is 0 Å². The van der Waals surface area contributed by atoms with Crippen molar-refractivity contribution in [3.8, 4) is 0 Å². The predicted octanol–water partition coefficient (Wildman–Crippen LogP) is 18.6. The zero-order chi connectivity index (χ0) is 42.9. The SMILES string of the molecule is CCC.CCCC(C)c1ccc(N(c2ccccc2)c2c3ccc(CC)cc3c(N(c3ccccc3)c3ccc(C4CCCCCC4)cc3)c3ccc(C(C)(C)C)cc23)cc1. The van der Waals surface area contributed by atoms with Gasteiger partial charge in [0.2, 0.25) is 0 Å². The number of para-hydroxylation sites is 2. The number of hydrogen-bond donors (Lipinski definition) is 0. The Morgan fingerprint density at radius 2 is 1.00 bits per heavy atom. The number of fused-ring (bicyclic) bond motifs is 2. The van der Waals surface area contributed by atoms with Crippen molar-refractivity contribution in [3.05, 3.63) is 168 Å². The van der Waals surface area contributed by atoms with Crippen LogP contribution in [0.5, 0.6) is 0 Å². The topological polar surface area (TPSA) is 6.48 Å². The third-order valence-electron chi connectivity index (χ3n) is 12.8. The Bertz CT molecular complexity index is 2450. The molecule has 0 radical (unpaired) electrons. The summed E-state index contributed by atoms with van der Waals surface area (Å²) in [6.07, 6.45) is 12.6. The first-order chi connectivity index (χ1) is 29.7. The van der Waals surface area contributed by atoms with E-state index in [9.17, 15) is 0 Å². The highest BCUT2D eigenvalue weighted by molar-refractivity contribution is 6.23. The minimum absolute atomic E-state index is 0.0335. The molecule has 7 aromatic rings. The van der Waals surface area contributed by atoms with E-state index >= 15 is 0 Å². The van der Waals surface area contributed by atoms with Crippen LogP contribution in [0.1, 0.15) is 147 Å². The van der Waals surface area contributed by atoms with Gasteiger partial charge in [-0.25, -0.2) is 0 Å². The number of anilines is 6. The summed E-state index contributed by atoms with van der Waals surface area (Å²) in [6, 6.07) is 55.6. The van der Waals surface area contributed by atoms with Crippen LogP contribution in [0.25, 0.3) is 21.5 Å². The lowest BCUT2D eigenvalue weighted by molar-refractivity contribution is 0.591. The number of benzene rings is 7. The van der Waals surface area contributed by atoms with Gasteiger partial charge in [0, 0.05) is 44.3 Å². The average molecular weight is 807 g/mol. The van der Waals surface area contributed by atoms with Gasteiger partial charge in [0.25, 0.3) is 0 Å². The van der Waals surface area contributed by atoms with Gasteiger partial charge in [-0.2, -0.15) is 0 Å². The van der Waals surface area contributed by atoms with Crippen molar-refractivity contribution in [2.45, 2.75) is 137 Å². The van der Waals surface area contributed by atoms with Gasteiger partial charge in [-0.15, -0.1) is 0 Å². The van der Waals surface area contributed by atoms with E-state index in [1.54, 1.807) is 0 Å². The second kappa shape index (κ2) is 20.0. The molecular formula is C59H70N2. The Morgan fingerprint density at radius 1 is 0.525 bits per heavy atom. The molecule has 2 nitrogen and oxygen atoms in total. The van der Waals surface area contributed by atoms with E-state index in [2.05, 4.69) is 211 Å². The molecule has 0 heterocycles. The first-order valence-electron chi connectivity index (χ1n) is 23.6. The molecule has 1 atom stereocenters. The number of aryl methyl sites for hydroxylation is 1. The molecule has 0 bridgehead atoms. The lowest BCUT2D eigenvalue weighted by Gasteiger charge is -2.34. The van der Waals surface area contributed by atoms with Crippen LogP contribution in [0.15, 0.2) is 146 Å². The molecule has 0 amide bonds. The van der Waals surface area contributed by atoms with E-state index in [1.807, 2.05) is 0 Å². The molecule has 8 rings (SSSR count). The fourth-order valence-corrected chi connectivity index (χ4v) is 9.43. The second-order valence-electron chi connectivity index (χ2n) is 18.6. The van der Waals surface area contributed by atoms with Crippen molar-refractivity contribution in [3.63, 3.8) is 0 Å². The number of hydrogen-bond acceptors (Lipinski definition) is 2. The van der Waals surface area contributed by atoms with E-state index in [0.29, 0.717) is 11.8 Å².